The lowest BCUT2D eigenvalue weighted by Crippen LogP contribution is -2.44. The molecule has 1 aromatic heterocycles. The first-order valence-corrected chi connectivity index (χ1v) is 7.83. The number of nitrogens with zero attached hydrogens (tertiary/aromatic N) is 1. The molecule has 1 aromatic carbocycles. The second-order valence-corrected chi connectivity index (χ2v) is 7.77. The molecule has 0 spiro atoms. The summed E-state index contributed by atoms with van der Waals surface area (Å²) in [6.07, 6.45) is 0.104. The first kappa shape index (κ1) is 14.0. The fourth-order valence-corrected chi connectivity index (χ4v) is 2.24. The van der Waals surface area contributed by atoms with Gasteiger partial charge in [0.05, 0.1) is 17.3 Å². The maximum atomic E-state index is 11.6. The van der Waals surface area contributed by atoms with Crippen LogP contribution in [0.25, 0.3) is 11.1 Å². The minimum Gasteiger partial charge on any atom is -0.441 e. The quantitative estimate of drug-likeness (QED) is 0.921. The topological polar surface area (TPSA) is 80.4 Å². The number of aliphatic hydroxyl groups is 1. The van der Waals surface area contributed by atoms with Crippen molar-refractivity contribution in [2.75, 3.05) is 6.26 Å². The summed E-state index contributed by atoms with van der Waals surface area (Å²) in [7, 11) is -3.37. The molecular weight excluding hydrogens is 266 g/mol. The average molecular weight is 283 g/mol. The second kappa shape index (κ2) is 4.61. The minimum absolute atomic E-state index is 0.0642. The number of hydrogen-bond acceptors (Lipinski definition) is 5. The molecule has 0 saturated heterocycles. The Morgan fingerprint density at radius 1 is 1.37 bits per heavy atom. The van der Waals surface area contributed by atoms with Crippen molar-refractivity contribution >= 4 is 20.9 Å². The lowest BCUT2D eigenvalue weighted by Gasteiger charge is -2.27. The largest absolute Gasteiger partial charge is 0.441 e. The van der Waals surface area contributed by atoms with Crippen LogP contribution in [0, 0.1) is 0 Å². The maximum absolute atomic E-state index is 11.6. The van der Waals surface area contributed by atoms with Gasteiger partial charge in [-0.15, -0.1) is 0 Å². The summed E-state index contributed by atoms with van der Waals surface area (Å²) in [4.78, 5) is 4.23. The van der Waals surface area contributed by atoms with Crippen LogP contribution in [0.3, 0.4) is 0 Å². The maximum Gasteiger partial charge on any atom is 0.198 e. The van der Waals surface area contributed by atoms with E-state index in [-0.39, 0.29) is 6.42 Å². The standard InChI is InChI=1S/C13H17NO4S/c1-13(2,19(3,16)17)11(15)8-12-14-9-6-4-5-7-10(9)18-12/h4-7,11,15H,8H2,1-3H3. The predicted octanol–water partition coefficient (Wildman–Crippen LogP) is 1.55. The number of aromatic nitrogens is 1. The highest BCUT2D eigenvalue weighted by Crippen LogP contribution is 2.24. The van der Waals surface area contributed by atoms with Gasteiger partial charge in [-0.3, -0.25) is 0 Å². The van der Waals surface area contributed by atoms with Crippen LogP contribution in [-0.4, -0.2) is 35.6 Å². The zero-order valence-electron chi connectivity index (χ0n) is 11.1. The van der Waals surface area contributed by atoms with E-state index in [0.29, 0.717) is 17.0 Å². The Labute approximate surface area is 112 Å². The van der Waals surface area contributed by atoms with E-state index in [0.717, 1.165) is 6.26 Å². The van der Waals surface area contributed by atoms with Crippen molar-refractivity contribution in [3.05, 3.63) is 30.2 Å². The molecule has 1 atom stereocenters. The van der Waals surface area contributed by atoms with Gasteiger partial charge in [0.15, 0.2) is 21.3 Å². The number of rotatable bonds is 4. The third-order valence-corrected chi connectivity index (χ3v) is 5.65. The Morgan fingerprint density at radius 2 is 2.00 bits per heavy atom. The first-order valence-electron chi connectivity index (χ1n) is 5.94. The molecule has 1 N–H and O–H groups in total. The molecule has 2 aromatic rings. The molecule has 0 radical (unpaired) electrons. The van der Waals surface area contributed by atoms with Crippen LogP contribution in [-0.2, 0) is 16.3 Å². The van der Waals surface area contributed by atoms with Crippen molar-refractivity contribution in [2.24, 2.45) is 0 Å². The Balaban J connectivity index is 2.26. The van der Waals surface area contributed by atoms with Gasteiger partial charge in [-0.1, -0.05) is 12.1 Å². The van der Waals surface area contributed by atoms with Crippen LogP contribution in [0.4, 0.5) is 0 Å². The summed E-state index contributed by atoms with van der Waals surface area (Å²) in [5, 5.41) is 10.1. The molecule has 0 fully saturated rings. The van der Waals surface area contributed by atoms with Gasteiger partial charge in [0.1, 0.15) is 5.52 Å². The Kier molecular flexibility index (Phi) is 3.40. The van der Waals surface area contributed by atoms with E-state index in [4.69, 9.17) is 4.42 Å². The van der Waals surface area contributed by atoms with E-state index in [1.165, 1.54) is 13.8 Å². The molecule has 104 valence electrons. The van der Waals surface area contributed by atoms with E-state index >= 15 is 0 Å². The molecular formula is C13H17NO4S. The summed E-state index contributed by atoms with van der Waals surface area (Å²) in [6.45, 7) is 2.99. The van der Waals surface area contributed by atoms with Gasteiger partial charge in [-0.2, -0.15) is 0 Å². The van der Waals surface area contributed by atoms with Gasteiger partial charge in [-0.05, 0) is 26.0 Å². The Bertz CT molecular complexity index is 654. The van der Waals surface area contributed by atoms with Crippen molar-refractivity contribution in [1.82, 2.24) is 4.98 Å². The summed E-state index contributed by atoms with van der Waals surface area (Å²) in [5.41, 5.74) is 1.32. The van der Waals surface area contributed by atoms with Crippen LogP contribution in [0.5, 0.6) is 0 Å². The fraction of sp³-hybridized carbons (Fsp3) is 0.462. The molecule has 1 heterocycles. The van der Waals surface area contributed by atoms with Crippen molar-refractivity contribution in [1.29, 1.82) is 0 Å². The smallest absolute Gasteiger partial charge is 0.198 e. The first-order chi connectivity index (χ1) is 8.72. The van der Waals surface area contributed by atoms with Gasteiger partial charge in [0.25, 0.3) is 0 Å². The normalized spacial score (nSPS) is 14.7. The number of hydrogen-bond donors (Lipinski definition) is 1. The third-order valence-electron chi connectivity index (χ3n) is 3.46. The lowest BCUT2D eigenvalue weighted by molar-refractivity contribution is 0.130. The van der Waals surface area contributed by atoms with E-state index in [9.17, 15) is 13.5 Å². The molecule has 1 unspecified atom stereocenters. The molecule has 19 heavy (non-hydrogen) atoms. The van der Waals surface area contributed by atoms with Gasteiger partial charge in [0, 0.05) is 6.26 Å². The molecule has 2 rings (SSSR count). The Hall–Kier alpha value is -1.40. The minimum atomic E-state index is -3.37. The number of aliphatic hydroxyl groups excluding tert-OH is 1. The van der Waals surface area contributed by atoms with Crippen LogP contribution in [0.2, 0.25) is 0 Å². The van der Waals surface area contributed by atoms with Gasteiger partial charge < -0.3 is 9.52 Å². The number of para-hydroxylation sites is 2. The molecule has 6 heteroatoms. The van der Waals surface area contributed by atoms with E-state index < -0.39 is 20.7 Å². The van der Waals surface area contributed by atoms with Gasteiger partial charge in [0.2, 0.25) is 0 Å². The number of benzene rings is 1. The zero-order chi connectivity index (χ0) is 14.3. The molecule has 0 aliphatic carbocycles. The van der Waals surface area contributed by atoms with Crippen molar-refractivity contribution < 1.29 is 17.9 Å². The SMILES string of the molecule is CC(C)(C(O)Cc1nc2ccccc2o1)S(C)(=O)=O. The molecule has 0 aliphatic rings. The second-order valence-electron chi connectivity index (χ2n) is 5.17. The summed E-state index contributed by atoms with van der Waals surface area (Å²) in [6, 6.07) is 7.25. The van der Waals surface area contributed by atoms with Crippen molar-refractivity contribution in [3.63, 3.8) is 0 Å². The summed E-state index contributed by atoms with van der Waals surface area (Å²) >= 11 is 0. The average Bonchev–Trinajstić information content (AvgIpc) is 2.69. The summed E-state index contributed by atoms with van der Waals surface area (Å²) in [5.74, 6) is 0.338. The molecule has 0 aliphatic heterocycles. The molecule has 5 nitrogen and oxygen atoms in total. The van der Waals surface area contributed by atoms with Crippen LogP contribution < -0.4 is 0 Å². The molecule has 0 bridgehead atoms. The van der Waals surface area contributed by atoms with Crippen molar-refractivity contribution in [2.45, 2.75) is 31.1 Å². The van der Waals surface area contributed by atoms with Crippen molar-refractivity contribution in [3.8, 4) is 0 Å². The fourth-order valence-electron chi connectivity index (χ4n) is 1.67. The molecule has 0 amide bonds. The van der Waals surface area contributed by atoms with E-state index in [2.05, 4.69) is 4.98 Å². The predicted molar refractivity (Wildman–Crippen MR) is 72.6 cm³/mol. The zero-order valence-corrected chi connectivity index (χ0v) is 11.9. The highest BCUT2D eigenvalue weighted by molar-refractivity contribution is 7.92. The van der Waals surface area contributed by atoms with E-state index in [1.807, 2.05) is 12.1 Å². The molecule has 0 saturated carbocycles. The number of sulfone groups is 1. The lowest BCUT2D eigenvalue weighted by atomic mass is 10.0. The van der Waals surface area contributed by atoms with Crippen LogP contribution in [0.15, 0.2) is 28.7 Å². The number of oxazole rings is 1. The highest BCUT2D eigenvalue weighted by atomic mass is 32.2. The van der Waals surface area contributed by atoms with Crippen LogP contribution >= 0.6 is 0 Å². The Morgan fingerprint density at radius 3 is 2.58 bits per heavy atom. The summed E-state index contributed by atoms with van der Waals surface area (Å²) < 4.78 is 27.5. The van der Waals surface area contributed by atoms with Gasteiger partial charge in [-0.25, -0.2) is 13.4 Å². The number of fused-ring (bicyclic) bond motifs is 1. The van der Waals surface area contributed by atoms with Crippen LogP contribution in [0.1, 0.15) is 19.7 Å². The third kappa shape index (κ3) is 2.64. The van der Waals surface area contributed by atoms with Gasteiger partial charge >= 0.3 is 0 Å². The highest BCUT2D eigenvalue weighted by Gasteiger charge is 2.38. The monoisotopic (exact) mass is 283 g/mol. The van der Waals surface area contributed by atoms with E-state index in [1.54, 1.807) is 12.1 Å².